The van der Waals surface area contributed by atoms with Crippen molar-refractivity contribution in [1.29, 1.82) is 0 Å². The second-order valence-electron chi connectivity index (χ2n) is 6.44. The first-order chi connectivity index (χ1) is 13.4. The van der Waals surface area contributed by atoms with Gasteiger partial charge in [-0.15, -0.1) is 5.11 Å². The molecule has 0 bridgehead atoms. The summed E-state index contributed by atoms with van der Waals surface area (Å²) < 4.78 is 0. The van der Waals surface area contributed by atoms with Crippen LogP contribution in [0, 0.1) is 13.8 Å². The number of H-pyrrole nitrogens is 2. The largest absolute Gasteiger partial charge is 0.382 e. The summed E-state index contributed by atoms with van der Waals surface area (Å²) in [7, 11) is 0. The van der Waals surface area contributed by atoms with E-state index < -0.39 is 0 Å². The molecule has 0 saturated carbocycles. The van der Waals surface area contributed by atoms with Crippen LogP contribution in [0.5, 0.6) is 0 Å². The standard InChI is InChI=1S/C19H18N8O/c1-9-3-8-13-14(10(9)2)23-15(19(28)22-13)11-4-6-12(7-5-11)24-25-16-17(20)26-27-18(16)21/h3-8H,1-2H3,(H,22,28)(H5,20,21,26,27)/b25-24+. The zero-order chi connectivity index (χ0) is 19.8. The molecule has 2 aromatic carbocycles. The molecule has 9 heteroatoms. The molecule has 0 amide bonds. The highest BCUT2D eigenvalue weighted by molar-refractivity contribution is 5.81. The lowest BCUT2D eigenvalue weighted by Crippen LogP contribution is -2.12. The van der Waals surface area contributed by atoms with E-state index in [1.165, 1.54) is 0 Å². The molecule has 2 heterocycles. The molecular formula is C19H18N8O. The number of rotatable bonds is 3. The minimum absolute atomic E-state index is 0.176. The van der Waals surface area contributed by atoms with E-state index in [9.17, 15) is 4.79 Å². The summed E-state index contributed by atoms with van der Waals surface area (Å²) >= 11 is 0. The second-order valence-corrected chi connectivity index (χ2v) is 6.44. The SMILES string of the molecule is Cc1ccc2[nH]c(=O)c(-c3ccc(/N=N/c4c(N)n[nH]c4N)cc3)nc2c1C. The molecule has 2 aromatic heterocycles. The van der Waals surface area contributed by atoms with Crippen molar-refractivity contribution in [1.82, 2.24) is 20.2 Å². The van der Waals surface area contributed by atoms with Crippen LogP contribution in [0.3, 0.4) is 0 Å². The Morgan fingerprint density at radius 1 is 1.00 bits per heavy atom. The van der Waals surface area contributed by atoms with E-state index in [1.807, 2.05) is 26.0 Å². The molecule has 4 rings (SSSR count). The van der Waals surface area contributed by atoms with Crippen molar-refractivity contribution in [2.75, 3.05) is 11.5 Å². The van der Waals surface area contributed by atoms with Gasteiger partial charge in [-0.25, -0.2) is 4.98 Å². The highest BCUT2D eigenvalue weighted by atomic mass is 16.1. The van der Waals surface area contributed by atoms with Crippen LogP contribution < -0.4 is 17.0 Å². The van der Waals surface area contributed by atoms with Gasteiger partial charge in [-0.3, -0.25) is 9.89 Å². The lowest BCUT2D eigenvalue weighted by atomic mass is 10.1. The molecule has 4 aromatic rings. The van der Waals surface area contributed by atoms with Crippen molar-refractivity contribution in [2.24, 2.45) is 10.2 Å². The number of nitrogens with one attached hydrogen (secondary N) is 2. The van der Waals surface area contributed by atoms with Crippen molar-refractivity contribution in [3.05, 3.63) is 57.9 Å². The summed E-state index contributed by atoms with van der Waals surface area (Å²) in [5.74, 6) is 0.422. The Balaban J connectivity index is 1.70. The Hall–Kier alpha value is -4.01. The van der Waals surface area contributed by atoms with Crippen molar-refractivity contribution in [3.8, 4) is 11.3 Å². The number of hydrogen-bond donors (Lipinski definition) is 4. The third-order valence-electron chi connectivity index (χ3n) is 4.59. The van der Waals surface area contributed by atoms with Crippen LogP contribution in [0.25, 0.3) is 22.3 Å². The summed E-state index contributed by atoms with van der Waals surface area (Å²) in [5, 5.41) is 14.4. The topological polar surface area (TPSA) is 151 Å². The number of fused-ring (bicyclic) bond motifs is 1. The molecule has 6 N–H and O–H groups in total. The zero-order valence-electron chi connectivity index (χ0n) is 15.3. The fourth-order valence-corrected chi connectivity index (χ4v) is 2.85. The average molecular weight is 374 g/mol. The number of nitrogens with zero attached hydrogens (tertiary/aromatic N) is 4. The summed E-state index contributed by atoms with van der Waals surface area (Å²) in [5.41, 5.74) is 16.7. The molecule has 0 spiro atoms. The molecule has 0 aliphatic rings. The minimum Gasteiger partial charge on any atom is -0.382 e. The third kappa shape index (κ3) is 2.98. The van der Waals surface area contributed by atoms with Crippen LogP contribution in [0.1, 0.15) is 11.1 Å². The number of benzene rings is 2. The predicted molar refractivity (Wildman–Crippen MR) is 109 cm³/mol. The van der Waals surface area contributed by atoms with E-state index in [1.54, 1.807) is 24.3 Å². The van der Waals surface area contributed by atoms with Crippen LogP contribution in [-0.4, -0.2) is 20.2 Å². The first kappa shape index (κ1) is 17.4. The number of aromatic nitrogens is 4. The maximum absolute atomic E-state index is 12.5. The van der Waals surface area contributed by atoms with Gasteiger partial charge in [0.1, 0.15) is 11.5 Å². The molecule has 0 aliphatic carbocycles. The van der Waals surface area contributed by atoms with E-state index in [-0.39, 0.29) is 17.2 Å². The second kappa shape index (κ2) is 6.62. The number of aryl methyl sites for hydroxylation is 2. The van der Waals surface area contributed by atoms with Gasteiger partial charge in [-0.05, 0) is 43.2 Å². The van der Waals surface area contributed by atoms with Crippen LogP contribution in [-0.2, 0) is 0 Å². The minimum atomic E-state index is -0.246. The summed E-state index contributed by atoms with van der Waals surface area (Å²) in [6.45, 7) is 4.00. The number of nitrogen functional groups attached to an aromatic ring is 2. The summed E-state index contributed by atoms with van der Waals surface area (Å²) in [6, 6.07) is 10.8. The molecular weight excluding hydrogens is 356 g/mol. The number of anilines is 2. The van der Waals surface area contributed by atoms with Crippen LogP contribution in [0.2, 0.25) is 0 Å². The molecule has 0 atom stereocenters. The van der Waals surface area contributed by atoms with Gasteiger partial charge < -0.3 is 16.5 Å². The number of hydrogen-bond acceptors (Lipinski definition) is 7. The van der Waals surface area contributed by atoms with Crippen molar-refractivity contribution in [2.45, 2.75) is 13.8 Å². The number of nitrogens with two attached hydrogens (primary N) is 2. The lowest BCUT2D eigenvalue weighted by molar-refractivity contribution is 1.11. The molecule has 140 valence electrons. The van der Waals surface area contributed by atoms with Gasteiger partial charge >= 0.3 is 0 Å². The fraction of sp³-hybridized carbons (Fsp3) is 0.105. The smallest absolute Gasteiger partial charge is 0.274 e. The molecule has 0 fully saturated rings. The Labute approximate surface area is 159 Å². The van der Waals surface area contributed by atoms with Gasteiger partial charge in [0, 0.05) is 5.56 Å². The Kier molecular flexibility index (Phi) is 4.11. The first-order valence-corrected chi connectivity index (χ1v) is 8.56. The van der Waals surface area contributed by atoms with Gasteiger partial charge in [0.15, 0.2) is 11.5 Å². The van der Waals surface area contributed by atoms with E-state index in [4.69, 9.17) is 11.5 Å². The Morgan fingerprint density at radius 2 is 1.75 bits per heavy atom. The molecule has 0 aliphatic heterocycles. The van der Waals surface area contributed by atoms with Gasteiger partial charge in [0.2, 0.25) is 0 Å². The summed E-state index contributed by atoms with van der Waals surface area (Å²) in [4.78, 5) is 20.0. The van der Waals surface area contributed by atoms with Crippen LogP contribution >= 0.6 is 0 Å². The van der Waals surface area contributed by atoms with Gasteiger partial charge in [0.25, 0.3) is 5.56 Å². The number of azo groups is 1. The van der Waals surface area contributed by atoms with Crippen LogP contribution in [0.4, 0.5) is 23.0 Å². The van der Waals surface area contributed by atoms with E-state index in [2.05, 4.69) is 30.4 Å². The summed E-state index contributed by atoms with van der Waals surface area (Å²) in [6.07, 6.45) is 0. The fourth-order valence-electron chi connectivity index (χ4n) is 2.85. The molecule has 0 saturated heterocycles. The maximum Gasteiger partial charge on any atom is 0.274 e. The Bertz CT molecular complexity index is 1250. The molecule has 0 unspecified atom stereocenters. The number of aromatic amines is 2. The third-order valence-corrected chi connectivity index (χ3v) is 4.59. The lowest BCUT2D eigenvalue weighted by Gasteiger charge is -2.07. The zero-order valence-corrected chi connectivity index (χ0v) is 15.3. The maximum atomic E-state index is 12.5. The highest BCUT2D eigenvalue weighted by Crippen LogP contribution is 2.29. The molecule has 9 nitrogen and oxygen atoms in total. The van der Waals surface area contributed by atoms with E-state index >= 15 is 0 Å². The predicted octanol–water partition coefficient (Wildman–Crippen LogP) is 3.51. The molecule has 28 heavy (non-hydrogen) atoms. The quantitative estimate of drug-likeness (QED) is 0.404. The van der Waals surface area contributed by atoms with Gasteiger partial charge in [0.05, 0.1) is 16.7 Å². The van der Waals surface area contributed by atoms with Gasteiger partial charge in [-0.2, -0.15) is 10.2 Å². The van der Waals surface area contributed by atoms with Crippen molar-refractivity contribution in [3.63, 3.8) is 0 Å². The van der Waals surface area contributed by atoms with Crippen LogP contribution in [0.15, 0.2) is 51.4 Å². The normalized spacial score (nSPS) is 11.5. The van der Waals surface area contributed by atoms with Gasteiger partial charge in [-0.1, -0.05) is 18.2 Å². The Morgan fingerprint density at radius 3 is 2.43 bits per heavy atom. The highest BCUT2D eigenvalue weighted by Gasteiger charge is 2.10. The van der Waals surface area contributed by atoms with E-state index in [0.717, 1.165) is 22.2 Å². The van der Waals surface area contributed by atoms with Crippen molar-refractivity contribution < 1.29 is 0 Å². The monoisotopic (exact) mass is 374 g/mol. The first-order valence-electron chi connectivity index (χ1n) is 8.56. The van der Waals surface area contributed by atoms with Crippen molar-refractivity contribution >= 4 is 34.0 Å². The molecule has 0 radical (unpaired) electrons. The average Bonchev–Trinajstić information content (AvgIpc) is 3.01. The van der Waals surface area contributed by atoms with E-state index in [0.29, 0.717) is 22.6 Å².